The third-order valence-electron chi connectivity index (χ3n) is 6.65. The van der Waals surface area contributed by atoms with Gasteiger partial charge < -0.3 is 9.64 Å². The minimum Gasteiger partial charge on any atom is -0.494 e. The molecular weight excluding hydrogens is 460 g/mol. The second kappa shape index (κ2) is 10.5. The Morgan fingerprint density at radius 1 is 1.03 bits per heavy atom. The highest BCUT2D eigenvalue weighted by atomic mass is 35.5. The van der Waals surface area contributed by atoms with Crippen molar-refractivity contribution >= 4 is 27.5 Å². The first kappa shape index (κ1) is 24.0. The van der Waals surface area contributed by atoms with Gasteiger partial charge >= 0.3 is 0 Å². The molecule has 178 valence electrons. The fourth-order valence-electron chi connectivity index (χ4n) is 4.86. The summed E-state index contributed by atoms with van der Waals surface area (Å²) in [6, 6.07) is 14.5. The molecule has 2 aromatic carbocycles. The maximum atomic E-state index is 13.3. The Morgan fingerprint density at radius 3 is 2.39 bits per heavy atom. The molecule has 0 spiro atoms. The standard InChI is InChI=1S/C25H31ClN2O4S/c1-2-32-22-9-11-23(12-10-22)33(30,31)27-16-13-19(14-17-27)25(29)28-15-5-7-21(28)18-20-6-3-4-8-24(20)26/h3-4,6,8-12,19,21H,2,5,7,13-18H2,1H3. The summed E-state index contributed by atoms with van der Waals surface area (Å²) < 4.78 is 33.0. The molecule has 8 heteroatoms. The largest absolute Gasteiger partial charge is 0.494 e. The Kier molecular flexibility index (Phi) is 7.62. The van der Waals surface area contributed by atoms with Gasteiger partial charge in [-0.25, -0.2) is 8.42 Å². The van der Waals surface area contributed by atoms with E-state index in [0.29, 0.717) is 38.3 Å². The molecule has 2 saturated heterocycles. The molecule has 1 unspecified atom stereocenters. The van der Waals surface area contributed by atoms with Crippen molar-refractivity contribution in [2.45, 2.75) is 50.0 Å². The Labute approximate surface area is 201 Å². The summed E-state index contributed by atoms with van der Waals surface area (Å²) in [4.78, 5) is 15.6. The normalized spacial score (nSPS) is 20.2. The van der Waals surface area contributed by atoms with Crippen LogP contribution in [-0.2, 0) is 21.2 Å². The van der Waals surface area contributed by atoms with Gasteiger partial charge in [0.2, 0.25) is 15.9 Å². The summed E-state index contributed by atoms with van der Waals surface area (Å²) in [5, 5.41) is 0.740. The highest BCUT2D eigenvalue weighted by Crippen LogP contribution is 2.30. The fourth-order valence-corrected chi connectivity index (χ4v) is 6.54. The zero-order valence-corrected chi connectivity index (χ0v) is 20.5. The lowest BCUT2D eigenvalue weighted by atomic mass is 9.95. The minimum absolute atomic E-state index is 0.136. The summed E-state index contributed by atoms with van der Waals surface area (Å²) in [5.74, 6) is 0.670. The molecule has 33 heavy (non-hydrogen) atoms. The molecule has 6 nitrogen and oxygen atoms in total. The number of amides is 1. The number of likely N-dealkylation sites (tertiary alicyclic amines) is 1. The SMILES string of the molecule is CCOc1ccc(S(=O)(=O)N2CCC(C(=O)N3CCCC3Cc3ccccc3Cl)CC2)cc1. The van der Waals surface area contributed by atoms with Crippen LogP contribution in [0.3, 0.4) is 0 Å². The van der Waals surface area contributed by atoms with Gasteiger partial charge in [-0.05, 0) is 74.9 Å². The van der Waals surface area contributed by atoms with Crippen LogP contribution in [0.25, 0.3) is 0 Å². The lowest BCUT2D eigenvalue weighted by Gasteiger charge is -2.34. The topological polar surface area (TPSA) is 66.9 Å². The van der Waals surface area contributed by atoms with Crippen molar-refractivity contribution in [3.05, 3.63) is 59.1 Å². The van der Waals surface area contributed by atoms with Crippen LogP contribution in [0.5, 0.6) is 5.75 Å². The van der Waals surface area contributed by atoms with Crippen LogP contribution in [0.4, 0.5) is 0 Å². The first-order valence-electron chi connectivity index (χ1n) is 11.7. The van der Waals surface area contributed by atoms with Crippen molar-refractivity contribution in [3.8, 4) is 5.75 Å². The molecule has 0 N–H and O–H groups in total. The maximum Gasteiger partial charge on any atom is 0.243 e. The Hall–Kier alpha value is -2.09. The number of hydrogen-bond donors (Lipinski definition) is 0. The van der Waals surface area contributed by atoms with Crippen molar-refractivity contribution in [1.82, 2.24) is 9.21 Å². The van der Waals surface area contributed by atoms with Gasteiger partial charge in [0, 0.05) is 36.6 Å². The van der Waals surface area contributed by atoms with Crippen molar-refractivity contribution in [3.63, 3.8) is 0 Å². The number of benzene rings is 2. The van der Waals surface area contributed by atoms with E-state index in [1.807, 2.05) is 36.1 Å². The molecule has 4 rings (SSSR count). The van der Waals surface area contributed by atoms with Crippen LogP contribution in [0, 0.1) is 5.92 Å². The molecule has 2 aliphatic rings. The summed E-state index contributed by atoms with van der Waals surface area (Å²) in [7, 11) is -3.58. The summed E-state index contributed by atoms with van der Waals surface area (Å²) >= 11 is 6.34. The quantitative estimate of drug-likeness (QED) is 0.578. The van der Waals surface area contributed by atoms with Crippen molar-refractivity contribution < 1.29 is 17.9 Å². The smallest absolute Gasteiger partial charge is 0.243 e. The number of rotatable bonds is 7. The van der Waals surface area contributed by atoms with E-state index >= 15 is 0 Å². The van der Waals surface area contributed by atoms with Crippen molar-refractivity contribution in [1.29, 1.82) is 0 Å². The van der Waals surface area contributed by atoms with Crippen LogP contribution in [0.15, 0.2) is 53.4 Å². The maximum absolute atomic E-state index is 13.3. The Balaban J connectivity index is 1.37. The average Bonchev–Trinajstić information content (AvgIpc) is 3.29. The second-order valence-corrected chi connectivity index (χ2v) is 11.1. The monoisotopic (exact) mass is 490 g/mol. The van der Waals surface area contributed by atoms with Crippen LogP contribution in [0.2, 0.25) is 5.02 Å². The zero-order valence-electron chi connectivity index (χ0n) is 19.0. The molecule has 0 radical (unpaired) electrons. The van der Waals surface area contributed by atoms with Gasteiger partial charge in [0.1, 0.15) is 5.75 Å². The van der Waals surface area contributed by atoms with Crippen LogP contribution in [0.1, 0.15) is 38.2 Å². The van der Waals surface area contributed by atoms with E-state index in [2.05, 4.69) is 0 Å². The molecule has 1 atom stereocenters. The van der Waals surface area contributed by atoms with Gasteiger partial charge in [-0.15, -0.1) is 0 Å². The fraction of sp³-hybridized carbons (Fsp3) is 0.480. The predicted molar refractivity (Wildman–Crippen MR) is 129 cm³/mol. The molecule has 0 aromatic heterocycles. The highest BCUT2D eigenvalue weighted by molar-refractivity contribution is 7.89. The Morgan fingerprint density at radius 2 is 1.73 bits per heavy atom. The van der Waals surface area contributed by atoms with Gasteiger partial charge in [0.25, 0.3) is 0 Å². The number of sulfonamides is 1. The predicted octanol–water partition coefficient (Wildman–Crippen LogP) is 4.37. The van der Waals surface area contributed by atoms with E-state index in [4.69, 9.17) is 16.3 Å². The minimum atomic E-state index is -3.58. The average molecular weight is 491 g/mol. The number of ether oxygens (including phenoxy) is 1. The van der Waals surface area contributed by atoms with E-state index in [-0.39, 0.29) is 22.8 Å². The van der Waals surface area contributed by atoms with Gasteiger partial charge in [-0.1, -0.05) is 29.8 Å². The Bertz CT molecular complexity index is 1070. The summed E-state index contributed by atoms with van der Waals surface area (Å²) in [6.07, 6.45) is 3.82. The van der Waals surface area contributed by atoms with E-state index in [9.17, 15) is 13.2 Å². The van der Waals surface area contributed by atoms with Gasteiger partial charge in [-0.3, -0.25) is 4.79 Å². The molecule has 2 aromatic rings. The van der Waals surface area contributed by atoms with Gasteiger partial charge in [0.15, 0.2) is 0 Å². The summed E-state index contributed by atoms with van der Waals surface area (Å²) in [6.45, 7) is 3.89. The zero-order chi connectivity index (χ0) is 23.4. The molecular formula is C25H31ClN2O4S. The number of carbonyl (C=O) groups is 1. The molecule has 2 fully saturated rings. The first-order valence-corrected chi connectivity index (χ1v) is 13.5. The van der Waals surface area contributed by atoms with Crippen LogP contribution < -0.4 is 4.74 Å². The number of nitrogens with zero attached hydrogens (tertiary/aromatic N) is 2. The number of piperidine rings is 1. The van der Waals surface area contributed by atoms with Crippen LogP contribution >= 0.6 is 11.6 Å². The molecule has 2 heterocycles. The third kappa shape index (κ3) is 5.36. The van der Waals surface area contributed by atoms with Gasteiger partial charge in [-0.2, -0.15) is 4.31 Å². The molecule has 2 aliphatic heterocycles. The molecule has 0 aliphatic carbocycles. The van der Waals surface area contributed by atoms with Crippen molar-refractivity contribution in [2.75, 3.05) is 26.2 Å². The van der Waals surface area contributed by atoms with Crippen molar-refractivity contribution in [2.24, 2.45) is 5.92 Å². The lowest BCUT2D eigenvalue weighted by Crippen LogP contribution is -2.46. The molecule has 1 amide bonds. The highest BCUT2D eigenvalue weighted by Gasteiger charge is 2.37. The number of hydrogen-bond acceptors (Lipinski definition) is 4. The van der Waals surface area contributed by atoms with Gasteiger partial charge in [0.05, 0.1) is 11.5 Å². The van der Waals surface area contributed by atoms with E-state index < -0.39 is 10.0 Å². The van der Waals surface area contributed by atoms with Crippen LogP contribution in [-0.4, -0.2) is 55.8 Å². The van der Waals surface area contributed by atoms with E-state index in [1.54, 1.807) is 24.3 Å². The first-order chi connectivity index (χ1) is 15.9. The second-order valence-electron chi connectivity index (χ2n) is 8.71. The van der Waals surface area contributed by atoms with E-state index in [1.165, 1.54) is 4.31 Å². The molecule has 0 bridgehead atoms. The number of halogens is 1. The number of carbonyl (C=O) groups excluding carboxylic acids is 1. The lowest BCUT2D eigenvalue weighted by molar-refractivity contribution is -0.137. The van der Waals surface area contributed by atoms with E-state index in [0.717, 1.165) is 36.4 Å². The molecule has 0 saturated carbocycles. The third-order valence-corrected chi connectivity index (χ3v) is 8.93. The summed E-state index contributed by atoms with van der Waals surface area (Å²) in [5.41, 5.74) is 1.07.